The lowest BCUT2D eigenvalue weighted by Crippen LogP contribution is -2.36. The molecule has 124 valence electrons. The molecule has 1 aliphatic rings. The molecule has 1 aliphatic heterocycles. The maximum absolute atomic E-state index is 12.6. The number of hydrogen-bond acceptors (Lipinski definition) is 5. The maximum Gasteiger partial charge on any atom is 0.255 e. The van der Waals surface area contributed by atoms with E-state index in [0.29, 0.717) is 31.0 Å². The van der Waals surface area contributed by atoms with Crippen molar-refractivity contribution < 1.29 is 4.79 Å². The van der Waals surface area contributed by atoms with Gasteiger partial charge in [0.1, 0.15) is 0 Å². The second-order valence-corrected chi connectivity index (χ2v) is 5.87. The van der Waals surface area contributed by atoms with Gasteiger partial charge in [0.05, 0.1) is 11.3 Å². The monoisotopic (exact) mass is 331 g/mol. The van der Waals surface area contributed by atoms with Crippen LogP contribution in [0.3, 0.4) is 0 Å². The molecule has 0 spiro atoms. The Labute approximate surface area is 145 Å². The lowest BCUT2D eigenvalue weighted by Gasteiger charge is -2.28. The SMILES string of the molecule is O=C(c1cccnc1)N1CCc2nc(Nc3ccccc3)ncc2C1. The summed E-state index contributed by atoms with van der Waals surface area (Å²) < 4.78 is 0. The molecular weight excluding hydrogens is 314 g/mol. The first-order valence-electron chi connectivity index (χ1n) is 8.16. The Balaban J connectivity index is 1.50. The van der Waals surface area contributed by atoms with Gasteiger partial charge >= 0.3 is 0 Å². The normalized spacial score (nSPS) is 13.2. The van der Waals surface area contributed by atoms with Crippen molar-refractivity contribution in [2.75, 3.05) is 11.9 Å². The van der Waals surface area contributed by atoms with E-state index in [1.165, 1.54) is 0 Å². The van der Waals surface area contributed by atoms with Gasteiger partial charge < -0.3 is 10.2 Å². The third kappa shape index (κ3) is 3.33. The number of rotatable bonds is 3. The average molecular weight is 331 g/mol. The zero-order valence-electron chi connectivity index (χ0n) is 13.6. The number of pyridine rings is 1. The van der Waals surface area contributed by atoms with Crippen LogP contribution >= 0.6 is 0 Å². The van der Waals surface area contributed by atoms with E-state index >= 15 is 0 Å². The van der Waals surface area contributed by atoms with Crippen LogP contribution in [-0.2, 0) is 13.0 Å². The van der Waals surface area contributed by atoms with Crippen molar-refractivity contribution in [3.63, 3.8) is 0 Å². The Bertz CT molecular complexity index is 883. The zero-order valence-corrected chi connectivity index (χ0v) is 13.6. The second-order valence-electron chi connectivity index (χ2n) is 5.87. The molecule has 3 heterocycles. The van der Waals surface area contributed by atoms with Crippen LogP contribution < -0.4 is 5.32 Å². The van der Waals surface area contributed by atoms with Crippen molar-refractivity contribution in [3.05, 3.63) is 77.9 Å². The molecule has 3 aromatic rings. The molecule has 4 rings (SSSR count). The summed E-state index contributed by atoms with van der Waals surface area (Å²) in [5.41, 5.74) is 3.53. The van der Waals surface area contributed by atoms with Crippen molar-refractivity contribution in [3.8, 4) is 0 Å². The fourth-order valence-corrected chi connectivity index (χ4v) is 2.87. The van der Waals surface area contributed by atoms with Gasteiger partial charge in [-0.2, -0.15) is 0 Å². The van der Waals surface area contributed by atoms with Gasteiger partial charge in [0, 0.05) is 49.4 Å². The molecular formula is C19H17N5O. The molecule has 6 nitrogen and oxygen atoms in total. The predicted molar refractivity (Wildman–Crippen MR) is 94.4 cm³/mol. The first-order chi connectivity index (χ1) is 12.3. The number of amides is 1. The standard InChI is InChI=1S/C19H17N5O/c25-18(14-5-4-9-20-11-14)24-10-8-17-15(13-24)12-21-19(23-17)22-16-6-2-1-3-7-16/h1-7,9,11-12H,8,10,13H2,(H,21,22,23). The molecule has 6 heteroatoms. The molecule has 0 radical (unpaired) electrons. The van der Waals surface area contributed by atoms with Gasteiger partial charge in [-0.1, -0.05) is 18.2 Å². The molecule has 1 N–H and O–H groups in total. The molecule has 0 saturated heterocycles. The first kappa shape index (κ1) is 15.3. The van der Waals surface area contributed by atoms with Gasteiger partial charge in [0.25, 0.3) is 5.91 Å². The number of nitrogens with zero attached hydrogens (tertiary/aromatic N) is 4. The second kappa shape index (κ2) is 6.68. The predicted octanol–water partition coefficient (Wildman–Crippen LogP) is 2.81. The van der Waals surface area contributed by atoms with E-state index in [4.69, 9.17) is 0 Å². The number of benzene rings is 1. The summed E-state index contributed by atoms with van der Waals surface area (Å²) in [5, 5.41) is 3.20. The number of fused-ring (bicyclic) bond motifs is 1. The third-order valence-corrected chi connectivity index (χ3v) is 4.16. The van der Waals surface area contributed by atoms with Gasteiger partial charge in [0.2, 0.25) is 5.95 Å². The molecule has 2 aromatic heterocycles. The van der Waals surface area contributed by atoms with Crippen molar-refractivity contribution in [1.29, 1.82) is 0 Å². The smallest absolute Gasteiger partial charge is 0.255 e. The summed E-state index contributed by atoms with van der Waals surface area (Å²) in [6.07, 6.45) is 5.78. The summed E-state index contributed by atoms with van der Waals surface area (Å²) in [6, 6.07) is 13.4. The highest BCUT2D eigenvalue weighted by Gasteiger charge is 2.23. The van der Waals surface area contributed by atoms with Gasteiger partial charge in [-0.05, 0) is 24.3 Å². The molecule has 0 atom stereocenters. The van der Waals surface area contributed by atoms with Crippen LogP contribution in [0.15, 0.2) is 61.1 Å². The highest BCUT2D eigenvalue weighted by Crippen LogP contribution is 2.20. The van der Waals surface area contributed by atoms with E-state index in [2.05, 4.69) is 20.3 Å². The van der Waals surface area contributed by atoms with E-state index < -0.39 is 0 Å². The Morgan fingerprint density at radius 3 is 2.76 bits per heavy atom. The number of carbonyl (C=O) groups excluding carboxylic acids is 1. The van der Waals surface area contributed by atoms with Gasteiger partial charge in [-0.3, -0.25) is 9.78 Å². The van der Waals surface area contributed by atoms with Crippen molar-refractivity contribution in [2.24, 2.45) is 0 Å². The quantitative estimate of drug-likeness (QED) is 0.799. The fraction of sp³-hybridized carbons (Fsp3) is 0.158. The first-order valence-corrected chi connectivity index (χ1v) is 8.16. The Hall–Kier alpha value is -3.28. The number of anilines is 2. The Kier molecular flexibility index (Phi) is 4.08. The number of para-hydroxylation sites is 1. The third-order valence-electron chi connectivity index (χ3n) is 4.16. The zero-order chi connectivity index (χ0) is 17.1. The number of carbonyl (C=O) groups is 1. The van der Waals surface area contributed by atoms with Crippen LogP contribution in [-0.4, -0.2) is 32.3 Å². The Morgan fingerprint density at radius 2 is 1.96 bits per heavy atom. The molecule has 0 unspecified atom stereocenters. The van der Waals surface area contributed by atoms with E-state index in [0.717, 1.165) is 16.9 Å². The number of hydrogen-bond donors (Lipinski definition) is 1. The maximum atomic E-state index is 12.6. The van der Waals surface area contributed by atoms with E-state index in [1.807, 2.05) is 35.2 Å². The highest BCUT2D eigenvalue weighted by molar-refractivity contribution is 5.94. The highest BCUT2D eigenvalue weighted by atomic mass is 16.2. The van der Waals surface area contributed by atoms with E-state index in [-0.39, 0.29) is 5.91 Å². The van der Waals surface area contributed by atoms with Crippen molar-refractivity contribution in [2.45, 2.75) is 13.0 Å². The lowest BCUT2D eigenvalue weighted by atomic mass is 10.1. The Morgan fingerprint density at radius 1 is 1.08 bits per heavy atom. The van der Waals surface area contributed by atoms with E-state index in [9.17, 15) is 4.79 Å². The minimum atomic E-state index is -0.00904. The van der Waals surface area contributed by atoms with Gasteiger partial charge in [-0.25, -0.2) is 9.97 Å². The topological polar surface area (TPSA) is 71.0 Å². The summed E-state index contributed by atoms with van der Waals surface area (Å²) in [6.45, 7) is 1.16. The van der Waals surface area contributed by atoms with Crippen LogP contribution in [0.1, 0.15) is 21.6 Å². The molecule has 0 fully saturated rings. The van der Waals surface area contributed by atoms with E-state index in [1.54, 1.807) is 30.7 Å². The number of nitrogens with one attached hydrogen (secondary N) is 1. The van der Waals surface area contributed by atoms with Crippen LogP contribution in [0.2, 0.25) is 0 Å². The minimum absolute atomic E-state index is 0.00904. The van der Waals surface area contributed by atoms with Crippen LogP contribution in [0.4, 0.5) is 11.6 Å². The van der Waals surface area contributed by atoms with Crippen molar-refractivity contribution >= 4 is 17.5 Å². The van der Waals surface area contributed by atoms with Crippen LogP contribution in [0.25, 0.3) is 0 Å². The largest absolute Gasteiger partial charge is 0.334 e. The van der Waals surface area contributed by atoms with Crippen LogP contribution in [0, 0.1) is 0 Å². The van der Waals surface area contributed by atoms with Crippen LogP contribution in [0.5, 0.6) is 0 Å². The fourth-order valence-electron chi connectivity index (χ4n) is 2.87. The molecule has 0 saturated carbocycles. The van der Waals surface area contributed by atoms with Gasteiger partial charge in [0.15, 0.2) is 0 Å². The summed E-state index contributed by atoms with van der Waals surface area (Å²) >= 11 is 0. The summed E-state index contributed by atoms with van der Waals surface area (Å²) in [4.78, 5) is 27.4. The summed E-state index contributed by atoms with van der Waals surface area (Å²) in [7, 11) is 0. The lowest BCUT2D eigenvalue weighted by molar-refractivity contribution is 0.0733. The molecule has 1 aromatic carbocycles. The minimum Gasteiger partial charge on any atom is -0.334 e. The summed E-state index contributed by atoms with van der Waals surface area (Å²) in [5.74, 6) is 0.572. The molecule has 25 heavy (non-hydrogen) atoms. The molecule has 0 aliphatic carbocycles. The molecule has 0 bridgehead atoms. The molecule has 1 amide bonds. The van der Waals surface area contributed by atoms with Crippen molar-refractivity contribution in [1.82, 2.24) is 19.9 Å². The number of aromatic nitrogens is 3. The average Bonchev–Trinajstić information content (AvgIpc) is 2.68. The van der Waals surface area contributed by atoms with Gasteiger partial charge in [-0.15, -0.1) is 0 Å².